The van der Waals surface area contributed by atoms with Gasteiger partial charge in [0.15, 0.2) is 0 Å². The van der Waals surface area contributed by atoms with Crippen molar-refractivity contribution in [2.24, 2.45) is 0 Å². The molecule has 1 aliphatic rings. The first-order valence-electron chi connectivity index (χ1n) is 6.51. The average Bonchev–Trinajstić information content (AvgIpc) is 2.94. The molecule has 2 rings (SSSR count). The van der Waals surface area contributed by atoms with Crippen LogP contribution in [-0.4, -0.2) is 35.2 Å². The number of hydrogen-bond acceptors (Lipinski definition) is 3. The Morgan fingerprint density at radius 2 is 2.30 bits per heavy atom. The molecule has 0 spiro atoms. The van der Waals surface area contributed by atoms with E-state index in [1.807, 2.05) is 6.07 Å². The molecule has 1 atom stereocenters. The molecule has 1 saturated heterocycles. The molecule has 1 aromatic rings. The number of amides is 1. The van der Waals surface area contributed by atoms with Gasteiger partial charge >= 0.3 is 12.1 Å². The summed E-state index contributed by atoms with van der Waals surface area (Å²) < 4.78 is 5.06. The molecule has 1 unspecified atom stereocenters. The summed E-state index contributed by atoms with van der Waals surface area (Å²) in [6.07, 6.45) is 2.83. The number of benzene rings is 1. The second kappa shape index (κ2) is 6.23. The van der Waals surface area contributed by atoms with Gasteiger partial charge in [0.25, 0.3) is 0 Å². The molecule has 1 N–H and O–H groups in total. The van der Waals surface area contributed by atoms with E-state index in [0.717, 1.165) is 18.4 Å². The van der Waals surface area contributed by atoms with Crippen LogP contribution in [0.25, 0.3) is 0 Å². The summed E-state index contributed by atoms with van der Waals surface area (Å²) in [5.41, 5.74) is 1.06. The predicted octanol–water partition coefficient (Wildman–Crippen LogP) is 2.84. The minimum atomic E-state index is -0.967. The molecule has 1 heterocycles. The summed E-state index contributed by atoms with van der Waals surface area (Å²) in [5.74, 6) is -0.967. The van der Waals surface area contributed by atoms with Crippen molar-refractivity contribution in [2.75, 3.05) is 13.2 Å². The fraction of sp³-hybridized carbons (Fsp3) is 0.333. The van der Waals surface area contributed by atoms with E-state index in [4.69, 9.17) is 9.84 Å². The molecule has 5 nitrogen and oxygen atoms in total. The van der Waals surface area contributed by atoms with Gasteiger partial charge in [-0.25, -0.2) is 9.59 Å². The Labute approximate surface area is 117 Å². The number of carboxylic acids is 1. The predicted molar refractivity (Wildman–Crippen MR) is 73.6 cm³/mol. The summed E-state index contributed by atoms with van der Waals surface area (Å²) >= 11 is 0. The number of likely N-dealkylation sites (tertiary alicyclic amines) is 1. The Hall–Kier alpha value is -2.30. The standard InChI is InChI=1S/C15H17NO4/c1-2-9-20-15(19)16-8-4-7-13(16)11-5-3-6-12(10-11)14(17)18/h2-3,5-6,10,13H,1,4,7-9H2,(H,17,18). The van der Waals surface area contributed by atoms with Crippen molar-refractivity contribution in [3.8, 4) is 0 Å². The lowest BCUT2D eigenvalue weighted by molar-refractivity contribution is 0.0696. The summed E-state index contributed by atoms with van der Waals surface area (Å²) in [6, 6.07) is 6.58. The quantitative estimate of drug-likeness (QED) is 0.858. The highest BCUT2D eigenvalue weighted by molar-refractivity contribution is 5.87. The van der Waals surface area contributed by atoms with Gasteiger partial charge < -0.3 is 14.7 Å². The first kappa shape index (κ1) is 14.1. The number of aromatic carboxylic acids is 1. The van der Waals surface area contributed by atoms with Gasteiger partial charge in [-0.2, -0.15) is 0 Å². The van der Waals surface area contributed by atoms with Crippen LogP contribution in [0.3, 0.4) is 0 Å². The van der Waals surface area contributed by atoms with Crippen molar-refractivity contribution >= 4 is 12.1 Å². The van der Waals surface area contributed by atoms with Crippen molar-refractivity contribution in [1.82, 2.24) is 4.90 Å². The number of carbonyl (C=O) groups excluding carboxylic acids is 1. The van der Waals surface area contributed by atoms with Crippen LogP contribution in [0.4, 0.5) is 4.79 Å². The maximum atomic E-state index is 11.9. The maximum absolute atomic E-state index is 11.9. The van der Waals surface area contributed by atoms with Gasteiger partial charge in [-0.15, -0.1) is 0 Å². The van der Waals surface area contributed by atoms with Crippen molar-refractivity contribution < 1.29 is 19.4 Å². The van der Waals surface area contributed by atoms with Crippen LogP contribution in [0.2, 0.25) is 0 Å². The van der Waals surface area contributed by atoms with E-state index in [9.17, 15) is 9.59 Å². The van der Waals surface area contributed by atoms with E-state index in [2.05, 4.69) is 6.58 Å². The number of carboxylic acid groups (broad SMARTS) is 1. The van der Waals surface area contributed by atoms with Gasteiger partial charge in [-0.1, -0.05) is 24.8 Å². The zero-order valence-corrected chi connectivity index (χ0v) is 11.1. The van der Waals surface area contributed by atoms with Crippen molar-refractivity contribution in [1.29, 1.82) is 0 Å². The van der Waals surface area contributed by atoms with E-state index in [-0.39, 0.29) is 24.3 Å². The summed E-state index contributed by atoms with van der Waals surface area (Å²) in [4.78, 5) is 24.6. The maximum Gasteiger partial charge on any atom is 0.410 e. The van der Waals surface area contributed by atoms with E-state index in [1.54, 1.807) is 23.1 Å². The third-order valence-corrected chi connectivity index (χ3v) is 3.33. The Morgan fingerprint density at radius 1 is 1.50 bits per heavy atom. The third kappa shape index (κ3) is 2.99. The topological polar surface area (TPSA) is 66.8 Å². The lowest BCUT2D eigenvalue weighted by atomic mass is 10.0. The molecule has 1 amide bonds. The van der Waals surface area contributed by atoms with E-state index < -0.39 is 5.97 Å². The zero-order chi connectivity index (χ0) is 14.5. The van der Waals surface area contributed by atoms with Crippen LogP contribution in [-0.2, 0) is 4.74 Å². The normalized spacial score (nSPS) is 17.8. The molecule has 0 bridgehead atoms. The summed E-state index contributed by atoms with van der Waals surface area (Å²) in [7, 11) is 0. The SMILES string of the molecule is C=CCOC(=O)N1CCCC1c1cccc(C(=O)O)c1. The van der Waals surface area contributed by atoms with Crippen LogP contribution >= 0.6 is 0 Å². The van der Waals surface area contributed by atoms with Crippen LogP contribution in [0.1, 0.15) is 34.8 Å². The minimum absolute atomic E-state index is 0.119. The van der Waals surface area contributed by atoms with Gasteiger partial charge in [0, 0.05) is 6.54 Å². The van der Waals surface area contributed by atoms with Crippen molar-refractivity contribution in [3.63, 3.8) is 0 Å². The first-order chi connectivity index (χ1) is 9.63. The molecule has 1 aliphatic heterocycles. The van der Waals surface area contributed by atoms with Gasteiger partial charge in [-0.05, 0) is 30.5 Å². The number of ether oxygens (including phenoxy) is 1. The molecule has 0 aromatic heterocycles. The smallest absolute Gasteiger partial charge is 0.410 e. The van der Waals surface area contributed by atoms with Crippen LogP contribution in [0.15, 0.2) is 36.9 Å². The Bertz CT molecular complexity index is 526. The third-order valence-electron chi connectivity index (χ3n) is 3.33. The second-order valence-electron chi connectivity index (χ2n) is 4.65. The largest absolute Gasteiger partial charge is 0.478 e. The van der Waals surface area contributed by atoms with Gasteiger partial charge in [0.05, 0.1) is 11.6 Å². The van der Waals surface area contributed by atoms with Gasteiger partial charge in [0.2, 0.25) is 0 Å². The van der Waals surface area contributed by atoms with Gasteiger partial charge in [0.1, 0.15) is 6.61 Å². The Kier molecular flexibility index (Phi) is 4.40. The van der Waals surface area contributed by atoms with Crippen molar-refractivity contribution in [3.05, 3.63) is 48.0 Å². The molecular weight excluding hydrogens is 258 g/mol. The highest BCUT2D eigenvalue weighted by Gasteiger charge is 2.31. The zero-order valence-electron chi connectivity index (χ0n) is 11.1. The lowest BCUT2D eigenvalue weighted by Gasteiger charge is -2.24. The molecule has 0 saturated carbocycles. The Morgan fingerprint density at radius 3 is 3.00 bits per heavy atom. The molecule has 106 valence electrons. The number of rotatable bonds is 4. The summed E-state index contributed by atoms with van der Waals surface area (Å²) in [5, 5.41) is 9.03. The van der Waals surface area contributed by atoms with Crippen LogP contribution < -0.4 is 0 Å². The number of carbonyl (C=O) groups is 2. The minimum Gasteiger partial charge on any atom is -0.478 e. The highest BCUT2D eigenvalue weighted by Crippen LogP contribution is 2.32. The molecule has 1 fully saturated rings. The summed E-state index contributed by atoms with van der Waals surface area (Å²) in [6.45, 7) is 4.31. The average molecular weight is 275 g/mol. The van der Waals surface area contributed by atoms with Gasteiger partial charge in [-0.3, -0.25) is 0 Å². The lowest BCUT2D eigenvalue weighted by Crippen LogP contribution is -2.31. The molecule has 0 aliphatic carbocycles. The van der Waals surface area contributed by atoms with E-state index in [1.165, 1.54) is 6.08 Å². The molecular formula is C15H17NO4. The monoisotopic (exact) mass is 275 g/mol. The molecule has 5 heteroatoms. The fourth-order valence-corrected chi connectivity index (χ4v) is 2.42. The molecule has 0 radical (unpaired) electrons. The van der Waals surface area contributed by atoms with Crippen LogP contribution in [0, 0.1) is 0 Å². The second-order valence-corrected chi connectivity index (χ2v) is 4.65. The van der Waals surface area contributed by atoms with E-state index >= 15 is 0 Å². The van der Waals surface area contributed by atoms with E-state index in [0.29, 0.717) is 6.54 Å². The van der Waals surface area contributed by atoms with Crippen molar-refractivity contribution in [2.45, 2.75) is 18.9 Å². The molecule has 20 heavy (non-hydrogen) atoms. The number of nitrogens with zero attached hydrogens (tertiary/aromatic N) is 1. The molecule has 1 aromatic carbocycles. The number of hydrogen-bond donors (Lipinski definition) is 1. The van der Waals surface area contributed by atoms with Crippen LogP contribution in [0.5, 0.6) is 0 Å². The highest BCUT2D eigenvalue weighted by atomic mass is 16.6. The Balaban J connectivity index is 2.18. The fourth-order valence-electron chi connectivity index (χ4n) is 2.42. The first-order valence-corrected chi connectivity index (χ1v) is 6.51.